The summed E-state index contributed by atoms with van der Waals surface area (Å²) in [6.45, 7) is 1.73. The molecule has 0 saturated heterocycles. The van der Waals surface area contributed by atoms with Crippen LogP contribution in [0.5, 0.6) is 0 Å². The lowest BCUT2D eigenvalue weighted by Crippen LogP contribution is -2.32. The highest BCUT2D eigenvalue weighted by Gasteiger charge is 2.18. The average molecular weight is 355 g/mol. The van der Waals surface area contributed by atoms with Crippen LogP contribution in [0.15, 0.2) is 36.5 Å². The summed E-state index contributed by atoms with van der Waals surface area (Å²) in [6, 6.07) is 8.87. The highest BCUT2D eigenvalue weighted by Crippen LogP contribution is 2.21. The Morgan fingerprint density at radius 1 is 1.26 bits per heavy atom. The number of hydrogen-bond donors (Lipinski definition) is 0. The molecule has 1 heterocycles. The van der Waals surface area contributed by atoms with Crippen LogP contribution in [0, 0.1) is 0 Å². The van der Waals surface area contributed by atoms with Crippen molar-refractivity contribution in [2.24, 2.45) is 7.05 Å². The van der Waals surface area contributed by atoms with E-state index < -0.39 is 0 Å². The van der Waals surface area contributed by atoms with E-state index in [1.807, 2.05) is 29.9 Å². The molecule has 124 valence electrons. The average Bonchev–Trinajstić information content (AvgIpc) is 2.90. The lowest BCUT2D eigenvalue weighted by Gasteiger charge is -2.23. The van der Waals surface area contributed by atoms with E-state index >= 15 is 0 Å². The van der Waals surface area contributed by atoms with Gasteiger partial charge in [-0.25, -0.2) is 0 Å². The minimum atomic E-state index is -0.0910. The van der Waals surface area contributed by atoms with Gasteiger partial charge in [-0.2, -0.15) is 0 Å². The quantitative estimate of drug-likeness (QED) is 0.704. The van der Waals surface area contributed by atoms with E-state index in [1.165, 1.54) is 0 Å². The molecule has 0 saturated carbocycles. The number of carbonyl (C=O) groups is 1. The topological polar surface area (TPSA) is 34.5 Å². The largest absolute Gasteiger partial charge is 0.385 e. The lowest BCUT2D eigenvalue weighted by molar-refractivity contribution is 0.0720. The second kappa shape index (κ2) is 8.39. The summed E-state index contributed by atoms with van der Waals surface area (Å²) < 4.78 is 7.09. The van der Waals surface area contributed by atoms with Crippen LogP contribution in [0.2, 0.25) is 10.0 Å². The Morgan fingerprint density at radius 3 is 2.52 bits per heavy atom. The Bertz CT molecular complexity index is 650. The fourth-order valence-electron chi connectivity index (χ4n) is 2.37. The van der Waals surface area contributed by atoms with Gasteiger partial charge >= 0.3 is 0 Å². The first kappa shape index (κ1) is 17.9. The zero-order valence-corrected chi connectivity index (χ0v) is 14.8. The number of benzene rings is 1. The molecule has 23 heavy (non-hydrogen) atoms. The van der Waals surface area contributed by atoms with Crippen LogP contribution in [0.3, 0.4) is 0 Å². The van der Waals surface area contributed by atoms with Crippen molar-refractivity contribution in [1.82, 2.24) is 9.47 Å². The van der Waals surface area contributed by atoms with E-state index in [1.54, 1.807) is 30.2 Å². The van der Waals surface area contributed by atoms with Gasteiger partial charge in [0, 0.05) is 54.8 Å². The van der Waals surface area contributed by atoms with Crippen molar-refractivity contribution >= 4 is 29.1 Å². The second-order valence-electron chi connectivity index (χ2n) is 5.34. The molecule has 0 bridgehead atoms. The predicted molar refractivity (Wildman–Crippen MR) is 93.1 cm³/mol. The summed E-state index contributed by atoms with van der Waals surface area (Å²) in [5, 5.41) is 0.910. The fourth-order valence-corrected chi connectivity index (χ4v) is 2.89. The van der Waals surface area contributed by atoms with Gasteiger partial charge in [0.15, 0.2) is 0 Å². The number of aromatic nitrogens is 1. The normalized spacial score (nSPS) is 10.8. The molecule has 1 aromatic carbocycles. The number of methoxy groups -OCH3 is 1. The second-order valence-corrected chi connectivity index (χ2v) is 6.21. The molecule has 0 unspecified atom stereocenters. The minimum absolute atomic E-state index is 0.0910. The molecule has 0 spiro atoms. The van der Waals surface area contributed by atoms with E-state index in [2.05, 4.69) is 0 Å². The molecule has 6 heteroatoms. The van der Waals surface area contributed by atoms with E-state index in [-0.39, 0.29) is 5.91 Å². The van der Waals surface area contributed by atoms with Crippen LogP contribution in [0.1, 0.15) is 22.5 Å². The third-order valence-electron chi connectivity index (χ3n) is 3.58. The van der Waals surface area contributed by atoms with Gasteiger partial charge in [-0.05, 0) is 36.8 Å². The number of aryl methyl sites for hydroxylation is 1. The van der Waals surface area contributed by atoms with Gasteiger partial charge < -0.3 is 14.2 Å². The van der Waals surface area contributed by atoms with E-state index in [0.29, 0.717) is 35.3 Å². The third-order valence-corrected chi connectivity index (χ3v) is 4.01. The van der Waals surface area contributed by atoms with Crippen LogP contribution in [0.4, 0.5) is 0 Å². The van der Waals surface area contributed by atoms with E-state index in [0.717, 1.165) is 12.1 Å². The standard InChI is InChI=1S/C17H20Cl2N2O2/c1-20-6-3-5-16(20)12-21(7-4-8-23-2)17(22)13-9-14(18)11-15(19)10-13/h3,5-6,9-11H,4,7-8,12H2,1-2H3. The fraction of sp³-hybridized carbons (Fsp3) is 0.353. The van der Waals surface area contributed by atoms with Gasteiger partial charge in [-0.1, -0.05) is 23.2 Å². The highest BCUT2D eigenvalue weighted by atomic mass is 35.5. The summed E-state index contributed by atoms with van der Waals surface area (Å²) in [7, 11) is 3.61. The molecule has 0 fully saturated rings. The number of carbonyl (C=O) groups excluding carboxylic acids is 1. The van der Waals surface area contributed by atoms with Gasteiger partial charge in [0.1, 0.15) is 0 Å². The molecule has 0 aliphatic rings. The van der Waals surface area contributed by atoms with Gasteiger partial charge in [0.2, 0.25) is 0 Å². The molecule has 2 rings (SSSR count). The van der Waals surface area contributed by atoms with Crippen LogP contribution in [0.25, 0.3) is 0 Å². The Labute approximate surface area is 146 Å². The lowest BCUT2D eigenvalue weighted by atomic mass is 10.2. The maximum atomic E-state index is 12.8. The molecule has 0 N–H and O–H groups in total. The summed E-state index contributed by atoms with van der Waals surface area (Å²) in [6.07, 6.45) is 2.73. The number of ether oxygens (including phenoxy) is 1. The molecule has 0 atom stereocenters. The first-order chi connectivity index (χ1) is 11.0. The Kier molecular flexibility index (Phi) is 6.51. The van der Waals surface area contributed by atoms with E-state index in [4.69, 9.17) is 27.9 Å². The number of nitrogens with zero attached hydrogens (tertiary/aromatic N) is 2. The number of hydrogen-bond acceptors (Lipinski definition) is 2. The van der Waals surface area contributed by atoms with Crippen LogP contribution in [-0.4, -0.2) is 35.6 Å². The zero-order valence-electron chi connectivity index (χ0n) is 13.3. The number of rotatable bonds is 7. The molecular formula is C17H20Cl2N2O2. The summed E-state index contributed by atoms with van der Waals surface area (Å²) in [5.74, 6) is -0.0910. The van der Waals surface area contributed by atoms with Crippen molar-refractivity contribution in [3.63, 3.8) is 0 Å². The van der Waals surface area contributed by atoms with Gasteiger partial charge in [-0.3, -0.25) is 4.79 Å². The van der Waals surface area contributed by atoms with Crippen molar-refractivity contribution in [3.8, 4) is 0 Å². The Balaban J connectivity index is 2.20. The Morgan fingerprint density at radius 2 is 1.96 bits per heavy atom. The van der Waals surface area contributed by atoms with Crippen molar-refractivity contribution in [2.45, 2.75) is 13.0 Å². The van der Waals surface area contributed by atoms with Crippen molar-refractivity contribution < 1.29 is 9.53 Å². The third kappa shape index (κ3) is 4.99. The van der Waals surface area contributed by atoms with Crippen molar-refractivity contribution in [3.05, 3.63) is 57.8 Å². The van der Waals surface area contributed by atoms with Gasteiger partial charge in [-0.15, -0.1) is 0 Å². The smallest absolute Gasteiger partial charge is 0.254 e. The number of halogens is 2. The monoisotopic (exact) mass is 354 g/mol. The summed E-state index contributed by atoms with van der Waals surface area (Å²) >= 11 is 12.0. The van der Waals surface area contributed by atoms with Crippen molar-refractivity contribution in [1.29, 1.82) is 0 Å². The van der Waals surface area contributed by atoms with E-state index in [9.17, 15) is 4.79 Å². The van der Waals surface area contributed by atoms with Gasteiger partial charge in [0.25, 0.3) is 5.91 Å². The summed E-state index contributed by atoms with van der Waals surface area (Å²) in [4.78, 5) is 14.6. The maximum absolute atomic E-state index is 12.8. The van der Waals surface area contributed by atoms with Crippen LogP contribution < -0.4 is 0 Å². The molecule has 0 aliphatic heterocycles. The Hall–Kier alpha value is -1.49. The molecule has 2 aromatic rings. The van der Waals surface area contributed by atoms with Gasteiger partial charge in [0.05, 0.1) is 6.54 Å². The molecule has 0 aliphatic carbocycles. The zero-order chi connectivity index (χ0) is 16.8. The molecular weight excluding hydrogens is 335 g/mol. The molecule has 1 aromatic heterocycles. The highest BCUT2D eigenvalue weighted by molar-refractivity contribution is 6.35. The molecule has 4 nitrogen and oxygen atoms in total. The van der Waals surface area contributed by atoms with Crippen LogP contribution >= 0.6 is 23.2 Å². The summed E-state index contributed by atoms with van der Waals surface area (Å²) in [5.41, 5.74) is 1.55. The van der Waals surface area contributed by atoms with Crippen LogP contribution in [-0.2, 0) is 18.3 Å². The predicted octanol–water partition coefficient (Wildman–Crippen LogP) is 4.01. The maximum Gasteiger partial charge on any atom is 0.254 e. The van der Waals surface area contributed by atoms with Crippen molar-refractivity contribution in [2.75, 3.05) is 20.3 Å². The SMILES string of the molecule is COCCCN(Cc1cccn1C)C(=O)c1cc(Cl)cc(Cl)c1. The minimum Gasteiger partial charge on any atom is -0.385 e. The first-order valence-corrected chi connectivity index (χ1v) is 8.11. The molecule has 0 radical (unpaired) electrons. The number of amides is 1. The molecule has 1 amide bonds. The first-order valence-electron chi connectivity index (χ1n) is 7.36.